The number of nitro benzene ring substituents is 1. The van der Waals surface area contributed by atoms with E-state index in [1.165, 1.54) is 24.3 Å². The molecule has 0 saturated carbocycles. The van der Waals surface area contributed by atoms with Crippen LogP contribution in [0.1, 0.15) is 18.1 Å². The molecule has 2 atom stereocenters. The van der Waals surface area contributed by atoms with E-state index < -0.39 is 28.9 Å². The van der Waals surface area contributed by atoms with Crippen LogP contribution in [0.5, 0.6) is 0 Å². The number of hydrogen-bond donors (Lipinski definition) is 1. The third-order valence-corrected chi connectivity index (χ3v) is 2.74. The van der Waals surface area contributed by atoms with E-state index in [1.807, 2.05) is 0 Å². The van der Waals surface area contributed by atoms with E-state index in [0.29, 0.717) is 5.56 Å². The Morgan fingerprint density at radius 1 is 1.50 bits per heavy atom. The molecule has 2 rings (SSSR count). The molecule has 0 aromatic heterocycles. The maximum absolute atomic E-state index is 11.1. The summed E-state index contributed by atoms with van der Waals surface area (Å²) in [7, 11) is 0. The highest BCUT2D eigenvalue weighted by molar-refractivity contribution is 5.82. The van der Waals surface area contributed by atoms with Crippen LogP contribution in [-0.4, -0.2) is 22.0 Å². The number of non-ortho nitro benzene ring substituents is 1. The summed E-state index contributed by atoms with van der Waals surface area (Å²) >= 11 is 0. The molecule has 1 aliphatic heterocycles. The van der Waals surface area contributed by atoms with Crippen LogP contribution in [0.4, 0.5) is 5.69 Å². The van der Waals surface area contributed by atoms with Crippen molar-refractivity contribution in [2.45, 2.75) is 12.5 Å². The zero-order chi connectivity index (χ0) is 13.3. The van der Waals surface area contributed by atoms with Gasteiger partial charge in [0.05, 0.1) is 11.3 Å². The molecular weight excluding hydrogens is 242 g/mol. The minimum atomic E-state index is -1.16. The predicted molar refractivity (Wildman–Crippen MR) is 57.7 cm³/mol. The van der Waals surface area contributed by atoms with Crippen LogP contribution in [0.2, 0.25) is 0 Å². The molecule has 1 aromatic carbocycles. The molecule has 1 aromatic rings. The van der Waals surface area contributed by atoms with Gasteiger partial charge in [0.1, 0.15) is 12.0 Å². The zero-order valence-corrected chi connectivity index (χ0v) is 9.11. The lowest BCUT2D eigenvalue weighted by Gasteiger charge is -2.13. The van der Waals surface area contributed by atoms with E-state index in [9.17, 15) is 19.7 Å². The molecule has 1 saturated heterocycles. The largest absolute Gasteiger partial charge is 0.481 e. The van der Waals surface area contributed by atoms with Crippen LogP contribution in [0.25, 0.3) is 0 Å². The highest BCUT2D eigenvalue weighted by Crippen LogP contribution is 2.36. The molecule has 0 aliphatic carbocycles. The smallest absolute Gasteiger partial charge is 0.311 e. The number of carboxylic acids is 1. The number of ether oxygens (including phenoxy) is 1. The molecule has 1 fully saturated rings. The monoisotopic (exact) mass is 251 g/mol. The molecule has 1 aliphatic rings. The van der Waals surface area contributed by atoms with Gasteiger partial charge in [-0.25, -0.2) is 0 Å². The Labute approximate surface area is 101 Å². The Hall–Kier alpha value is -2.44. The highest BCUT2D eigenvalue weighted by Gasteiger charge is 2.41. The van der Waals surface area contributed by atoms with Gasteiger partial charge in [-0.15, -0.1) is 0 Å². The second kappa shape index (κ2) is 4.44. The SMILES string of the molecule is O=C1CC(C(=O)O)C(c2cccc([N+](=O)[O-])c2)O1. The van der Waals surface area contributed by atoms with Gasteiger partial charge in [0.25, 0.3) is 5.69 Å². The van der Waals surface area contributed by atoms with Gasteiger partial charge in [-0.2, -0.15) is 0 Å². The molecule has 0 bridgehead atoms. The third kappa shape index (κ3) is 2.15. The lowest BCUT2D eigenvalue weighted by Crippen LogP contribution is -2.17. The number of carboxylic acid groups (broad SMARTS) is 1. The summed E-state index contributed by atoms with van der Waals surface area (Å²) in [4.78, 5) is 32.2. The van der Waals surface area contributed by atoms with Gasteiger partial charge in [-0.1, -0.05) is 12.1 Å². The van der Waals surface area contributed by atoms with Crippen molar-refractivity contribution in [3.63, 3.8) is 0 Å². The van der Waals surface area contributed by atoms with Crippen molar-refractivity contribution in [1.29, 1.82) is 0 Å². The Kier molecular flexibility index (Phi) is 2.97. The summed E-state index contributed by atoms with van der Waals surface area (Å²) < 4.78 is 4.91. The average Bonchev–Trinajstić information content (AvgIpc) is 2.72. The molecule has 7 nitrogen and oxygen atoms in total. The Balaban J connectivity index is 2.35. The number of carbonyl (C=O) groups is 2. The topological polar surface area (TPSA) is 107 Å². The minimum absolute atomic E-state index is 0.167. The summed E-state index contributed by atoms with van der Waals surface area (Å²) in [5.74, 6) is -2.77. The molecule has 0 amide bonds. The lowest BCUT2D eigenvalue weighted by atomic mass is 9.95. The summed E-state index contributed by atoms with van der Waals surface area (Å²) in [5, 5.41) is 19.6. The third-order valence-electron chi connectivity index (χ3n) is 2.74. The number of aliphatic carboxylic acids is 1. The van der Waals surface area contributed by atoms with E-state index in [2.05, 4.69) is 0 Å². The van der Waals surface area contributed by atoms with Crippen molar-refractivity contribution in [1.82, 2.24) is 0 Å². The van der Waals surface area contributed by atoms with E-state index in [-0.39, 0.29) is 12.1 Å². The summed E-state index contributed by atoms with van der Waals surface area (Å²) in [6.45, 7) is 0. The van der Waals surface area contributed by atoms with Gasteiger partial charge in [0, 0.05) is 17.7 Å². The Morgan fingerprint density at radius 3 is 2.83 bits per heavy atom. The molecule has 7 heteroatoms. The normalized spacial score (nSPS) is 22.6. The fraction of sp³-hybridized carbons (Fsp3) is 0.273. The van der Waals surface area contributed by atoms with E-state index in [0.717, 1.165) is 0 Å². The predicted octanol–water partition coefficient (Wildman–Crippen LogP) is 1.28. The fourth-order valence-electron chi connectivity index (χ4n) is 1.89. The maximum atomic E-state index is 11.1. The van der Waals surface area contributed by atoms with Crippen molar-refractivity contribution < 1.29 is 24.4 Å². The number of benzene rings is 1. The van der Waals surface area contributed by atoms with E-state index in [4.69, 9.17) is 9.84 Å². The van der Waals surface area contributed by atoms with E-state index >= 15 is 0 Å². The Bertz CT molecular complexity index is 526. The number of cyclic esters (lactones) is 1. The quantitative estimate of drug-likeness (QED) is 0.492. The molecule has 0 spiro atoms. The number of carbonyl (C=O) groups excluding carboxylic acids is 1. The molecule has 0 radical (unpaired) electrons. The molecular formula is C11H9NO6. The van der Waals surface area contributed by atoms with Crippen LogP contribution >= 0.6 is 0 Å². The first-order valence-electron chi connectivity index (χ1n) is 5.15. The second-order valence-corrected chi connectivity index (χ2v) is 3.91. The number of nitrogens with zero attached hydrogens (tertiary/aromatic N) is 1. The standard InChI is InChI=1S/C11H9NO6/c13-9-5-8(11(14)15)10(18-9)6-2-1-3-7(4-6)12(16)17/h1-4,8,10H,5H2,(H,14,15). The first kappa shape index (κ1) is 12.0. The van der Waals surface area contributed by atoms with Gasteiger partial charge in [-0.05, 0) is 0 Å². The Morgan fingerprint density at radius 2 is 2.22 bits per heavy atom. The number of hydrogen-bond acceptors (Lipinski definition) is 5. The molecule has 2 unspecified atom stereocenters. The van der Waals surface area contributed by atoms with Gasteiger partial charge in [0.2, 0.25) is 0 Å². The first-order valence-corrected chi connectivity index (χ1v) is 5.15. The maximum Gasteiger partial charge on any atom is 0.311 e. The van der Waals surface area contributed by atoms with Crippen LogP contribution in [0.15, 0.2) is 24.3 Å². The van der Waals surface area contributed by atoms with Crippen LogP contribution < -0.4 is 0 Å². The summed E-state index contributed by atoms with van der Waals surface area (Å²) in [5.41, 5.74) is 0.155. The summed E-state index contributed by atoms with van der Waals surface area (Å²) in [6, 6.07) is 5.44. The van der Waals surface area contributed by atoms with Gasteiger partial charge >= 0.3 is 11.9 Å². The van der Waals surface area contributed by atoms with Crippen molar-refractivity contribution in [2.75, 3.05) is 0 Å². The van der Waals surface area contributed by atoms with Gasteiger partial charge in [0.15, 0.2) is 0 Å². The van der Waals surface area contributed by atoms with Crippen molar-refractivity contribution >= 4 is 17.6 Å². The van der Waals surface area contributed by atoms with Crippen LogP contribution in [0.3, 0.4) is 0 Å². The summed E-state index contributed by atoms with van der Waals surface area (Å²) in [6.07, 6.45) is -1.18. The molecule has 94 valence electrons. The highest BCUT2D eigenvalue weighted by atomic mass is 16.6. The van der Waals surface area contributed by atoms with Crippen molar-refractivity contribution in [3.05, 3.63) is 39.9 Å². The molecule has 1 N–H and O–H groups in total. The zero-order valence-electron chi connectivity index (χ0n) is 9.11. The first-order chi connectivity index (χ1) is 8.49. The van der Waals surface area contributed by atoms with E-state index in [1.54, 1.807) is 0 Å². The number of esters is 1. The van der Waals surface area contributed by atoms with Gasteiger partial charge in [-0.3, -0.25) is 19.7 Å². The second-order valence-electron chi connectivity index (χ2n) is 3.91. The van der Waals surface area contributed by atoms with Crippen molar-refractivity contribution in [3.8, 4) is 0 Å². The lowest BCUT2D eigenvalue weighted by molar-refractivity contribution is -0.385. The molecule has 1 heterocycles. The number of nitro groups is 1. The van der Waals surface area contributed by atoms with Crippen molar-refractivity contribution in [2.24, 2.45) is 5.92 Å². The van der Waals surface area contributed by atoms with Crippen LogP contribution in [0, 0.1) is 16.0 Å². The molecule has 18 heavy (non-hydrogen) atoms. The minimum Gasteiger partial charge on any atom is -0.481 e. The fourth-order valence-corrected chi connectivity index (χ4v) is 1.89. The van der Waals surface area contributed by atoms with Gasteiger partial charge < -0.3 is 9.84 Å². The van der Waals surface area contributed by atoms with Crippen LogP contribution in [-0.2, 0) is 14.3 Å². The number of rotatable bonds is 3. The average molecular weight is 251 g/mol.